The molecule has 6 heteroatoms. The third-order valence-electron chi connectivity index (χ3n) is 3.59. The van der Waals surface area contributed by atoms with Crippen LogP contribution in [-0.2, 0) is 0 Å². The minimum atomic E-state index is -0.757. The van der Waals surface area contributed by atoms with Crippen LogP contribution in [0.15, 0.2) is 42.5 Å². The van der Waals surface area contributed by atoms with Gasteiger partial charge in [-0.25, -0.2) is 4.39 Å². The van der Waals surface area contributed by atoms with Crippen molar-refractivity contribution >= 4 is 5.91 Å². The largest absolute Gasteiger partial charge is 0.454 e. The summed E-state index contributed by atoms with van der Waals surface area (Å²) in [5.74, 6) is 0.559. The summed E-state index contributed by atoms with van der Waals surface area (Å²) in [5.41, 5.74) is 1.08. The van der Waals surface area contributed by atoms with Gasteiger partial charge in [-0.05, 0) is 42.3 Å². The summed E-state index contributed by atoms with van der Waals surface area (Å²) in [6.45, 7) is 0.454. The quantitative estimate of drug-likeness (QED) is 0.888. The number of aliphatic hydroxyl groups excluding tert-OH is 1. The summed E-state index contributed by atoms with van der Waals surface area (Å²) in [6.07, 6.45) is -0.422. The van der Waals surface area contributed by atoms with Crippen LogP contribution in [-0.4, -0.2) is 24.4 Å². The van der Waals surface area contributed by atoms with Crippen molar-refractivity contribution in [3.8, 4) is 11.5 Å². The lowest BCUT2D eigenvalue weighted by atomic mass is 10.1. The molecule has 23 heavy (non-hydrogen) atoms. The van der Waals surface area contributed by atoms with Crippen LogP contribution in [0.2, 0.25) is 0 Å². The molecule has 5 nitrogen and oxygen atoms in total. The molecule has 1 aliphatic rings. The van der Waals surface area contributed by atoms with Crippen LogP contribution in [0.5, 0.6) is 11.5 Å². The molecule has 1 aliphatic heterocycles. The first-order valence-electron chi connectivity index (χ1n) is 7.25. The first-order valence-corrected chi connectivity index (χ1v) is 7.25. The van der Waals surface area contributed by atoms with Crippen molar-refractivity contribution in [2.45, 2.75) is 12.5 Å². The zero-order valence-electron chi connectivity index (χ0n) is 12.3. The molecule has 1 heterocycles. The summed E-state index contributed by atoms with van der Waals surface area (Å²) < 4.78 is 23.2. The summed E-state index contributed by atoms with van der Waals surface area (Å²) in [6, 6.07) is 10.6. The van der Waals surface area contributed by atoms with Gasteiger partial charge in [-0.15, -0.1) is 0 Å². The van der Waals surface area contributed by atoms with Gasteiger partial charge in [0.2, 0.25) is 6.79 Å². The van der Waals surface area contributed by atoms with Gasteiger partial charge in [0.15, 0.2) is 11.5 Å². The minimum Gasteiger partial charge on any atom is -0.454 e. The first kappa shape index (κ1) is 15.3. The van der Waals surface area contributed by atoms with Crippen molar-refractivity contribution in [3.05, 3.63) is 59.4 Å². The summed E-state index contributed by atoms with van der Waals surface area (Å²) in [5, 5.41) is 12.7. The number of amides is 1. The lowest BCUT2D eigenvalue weighted by Gasteiger charge is -2.12. The van der Waals surface area contributed by atoms with E-state index in [1.165, 1.54) is 24.3 Å². The molecule has 2 N–H and O–H groups in total. The second kappa shape index (κ2) is 6.66. The highest BCUT2D eigenvalue weighted by Gasteiger charge is 2.16. The van der Waals surface area contributed by atoms with E-state index in [4.69, 9.17) is 9.47 Å². The van der Waals surface area contributed by atoms with Crippen LogP contribution >= 0.6 is 0 Å². The number of nitrogens with one attached hydrogen (secondary N) is 1. The first-order chi connectivity index (χ1) is 11.1. The second-order valence-electron chi connectivity index (χ2n) is 5.18. The predicted octanol–water partition coefficient (Wildman–Crippen LogP) is 2.41. The van der Waals surface area contributed by atoms with Crippen molar-refractivity contribution in [1.29, 1.82) is 0 Å². The van der Waals surface area contributed by atoms with Gasteiger partial charge in [0.25, 0.3) is 5.91 Å². The Hall–Kier alpha value is -2.60. The Labute approximate surface area is 132 Å². The fraction of sp³-hybridized carbons (Fsp3) is 0.235. The van der Waals surface area contributed by atoms with Gasteiger partial charge in [-0.2, -0.15) is 0 Å². The molecule has 2 aromatic rings. The minimum absolute atomic E-state index is 0.157. The molecule has 1 amide bonds. The molecule has 0 aromatic heterocycles. The number of carbonyl (C=O) groups is 1. The third-order valence-corrected chi connectivity index (χ3v) is 3.59. The average Bonchev–Trinajstić information content (AvgIpc) is 3.02. The SMILES string of the molecule is O=C(NCCC(O)c1ccc(F)cc1)c1ccc2c(c1)OCO2. The van der Waals surface area contributed by atoms with E-state index in [-0.39, 0.29) is 18.5 Å². The van der Waals surface area contributed by atoms with Crippen LogP contribution in [0.25, 0.3) is 0 Å². The molecule has 0 radical (unpaired) electrons. The maximum Gasteiger partial charge on any atom is 0.251 e. The fourth-order valence-corrected chi connectivity index (χ4v) is 2.31. The molecule has 0 fully saturated rings. The van der Waals surface area contributed by atoms with E-state index < -0.39 is 6.10 Å². The molecule has 0 aliphatic carbocycles. The lowest BCUT2D eigenvalue weighted by Crippen LogP contribution is -2.25. The van der Waals surface area contributed by atoms with Crippen molar-refractivity contribution in [2.75, 3.05) is 13.3 Å². The van der Waals surface area contributed by atoms with Crippen LogP contribution in [0, 0.1) is 5.82 Å². The van der Waals surface area contributed by atoms with Crippen LogP contribution in [0.4, 0.5) is 4.39 Å². The number of benzene rings is 2. The number of hydrogen-bond donors (Lipinski definition) is 2. The lowest BCUT2D eigenvalue weighted by molar-refractivity contribution is 0.0942. The van der Waals surface area contributed by atoms with Gasteiger partial charge < -0.3 is 19.9 Å². The van der Waals surface area contributed by atoms with Crippen molar-refractivity contribution in [1.82, 2.24) is 5.32 Å². The van der Waals surface area contributed by atoms with Gasteiger partial charge in [-0.3, -0.25) is 4.79 Å². The number of carbonyl (C=O) groups excluding carboxylic acids is 1. The highest BCUT2D eigenvalue weighted by Crippen LogP contribution is 2.32. The molecule has 1 unspecified atom stereocenters. The molecular weight excluding hydrogens is 301 g/mol. The number of halogens is 1. The van der Waals surface area contributed by atoms with E-state index in [0.29, 0.717) is 35.6 Å². The van der Waals surface area contributed by atoms with Crippen LogP contribution < -0.4 is 14.8 Å². The van der Waals surface area contributed by atoms with E-state index in [9.17, 15) is 14.3 Å². The van der Waals surface area contributed by atoms with E-state index in [1.54, 1.807) is 18.2 Å². The monoisotopic (exact) mass is 317 g/mol. The molecule has 2 aromatic carbocycles. The van der Waals surface area contributed by atoms with Crippen LogP contribution in [0.1, 0.15) is 28.4 Å². The number of rotatable bonds is 5. The Morgan fingerprint density at radius 2 is 1.91 bits per heavy atom. The summed E-state index contributed by atoms with van der Waals surface area (Å²) in [7, 11) is 0. The Morgan fingerprint density at radius 3 is 2.70 bits per heavy atom. The maximum atomic E-state index is 12.8. The Balaban J connectivity index is 1.52. The van der Waals surface area contributed by atoms with Gasteiger partial charge in [-0.1, -0.05) is 12.1 Å². The molecule has 0 spiro atoms. The average molecular weight is 317 g/mol. The molecule has 120 valence electrons. The van der Waals surface area contributed by atoms with Crippen molar-refractivity contribution in [2.24, 2.45) is 0 Å². The van der Waals surface area contributed by atoms with E-state index >= 15 is 0 Å². The van der Waals surface area contributed by atoms with Gasteiger partial charge >= 0.3 is 0 Å². The molecule has 0 saturated heterocycles. The number of hydrogen-bond acceptors (Lipinski definition) is 4. The number of ether oxygens (including phenoxy) is 2. The molecule has 0 bridgehead atoms. The van der Waals surface area contributed by atoms with Crippen molar-refractivity contribution < 1.29 is 23.8 Å². The molecule has 0 saturated carbocycles. The predicted molar refractivity (Wildman–Crippen MR) is 80.9 cm³/mol. The number of aliphatic hydroxyl groups is 1. The van der Waals surface area contributed by atoms with E-state index in [2.05, 4.69) is 5.32 Å². The number of fused-ring (bicyclic) bond motifs is 1. The van der Waals surface area contributed by atoms with E-state index in [1.807, 2.05) is 0 Å². The second-order valence-corrected chi connectivity index (χ2v) is 5.18. The Bertz CT molecular complexity index is 702. The van der Waals surface area contributed by atoms with Gasteiger partial charge in [0.1, 0.15) is 5.82 Å². The standard InChI is InChI=1S/C17H16FNO4/c18-13-4-1-11(2-5-13)14(20)7-8-19-17(21)12-3-6-15-16(9-12)23-10-22-15/h1-6,9,14,20H,7-8,10H2,(H,19,21). The molecule has 3 rings (SSSR count). The summed E-state index contributed by atoms with van der Waals surface area (Å²) >= 11 is 0. The molecular formula is C17H16FNO4. The topological polar surface area (TPSA) is 67.8 Å². The zero-order chi connectivity index (χ0) is 16.2. The van der Waals surface area contributed by atoms with Gasteiger partial charge in [0.05, 0.1) is 6.10 Å². The summed E-state index contributed by atoms with van der Waals surface area (Å²) in [4.78, 5) is 12.1. The molecule has 1 atom stereocenters. The highest BCUT2D eigenvalue weighted by atomic mass is 19.1. The Morgan fingerprint density at radius 1 is 1.17 bits per heavy atom. The van der Waals surface area contributed by atoms with Gasteiger partial charge in [0, 0.05) is 12.1 Å². The zero-order valence-corrected chi connectivity index (χ0v) is 12.3. The Kier molecular flexibility index (Phi) is 4.43. The van der Waals surface area contributed by atoms with Crippen molar-refractivity contribution in [3.63, 3.8) is 0 Å². The highest BCUT2D eigenvalue weighted by molar-refractivity contribution is 5.94. The normalized spacial score (nSPS) is 13.7. The van der Waals surface area contributed by atoms with E-state index in [0.717, 1.165) is 0 Å². The fourth-order valence-electron chi connectivity index (χ4n) is 2.31. The maximum absolute atomic E-state index is 12.8. The van der Waals surface area contributed by atoms with Crippen LogP contribution in [0.3, 0.4) is 0 Å². The smallest absolute Gasteiger partial charge is 0.251 e. The third kappa shape index (κ3) is 3.60.